The Labute approximate surface area is 303 Å². The van der Waals surface area contributed by atoms with Gasteiger partial charge < -0.3 is 25.2 Å². The first-order chi connectivity index (χ1) is 23.7. The van der Waals surface area contributed by atoms with Crippen molar-refractivity contribution in [3.63, 3.8) is 0 Å². The molecular weight excluding hydrogens is 675 g/mol. The van der Waals surface area contributed by atoms with Crippen molar-refractivity contribution < 1.29 is 29.0 Å². The number of amides is 2. The Hall–Kier alpha value is -4.37. The molecule has 2 amide bonds. The number of ketones is 1. The molecule has 0 bridgehead atoms. The average molecular weight is 718 g/mol. The number of anilines is 2. The summed E-state index contributed by atoms with van der Waals surface area (Å²) in [6.45, 7) is 11.3. The molecule has 1 saturated carbocycles. The molecular formula is C40H42Cl2N2O6. The number of nitrogens with one attached hydrogen (secondary N) is 2. The van der Waals surface area contributed by atoms with Crippen LogP contribution in [0.3, 0.4) is 0 Å². The molecule has 50 heavy (non-hydrogen) atoms. The molecule has 0 aliphatic heterocycles. The van der Waals surface area contributed by atoms with Crippen LogP contribution in [0.15, 0.2) is 72.8 Å². The highest BCUT2D eigenvalue weighted by Crippen LogP contribution is 2.48. The number of hydrogen-bond donors (Lipinski definition) is 3. The van der Waals surface area contributed by atoms with Gasteiger partial charge in [-0.2, -0.15) is 0 Å². The van der Waals surface area contributed by atoms with Crippen molar-refractivity contribution >= 4 is 52.2 Å². The van der Waals surface area contributed by atoms with Crippen LogP contribution in [-0.2, 0) is 21.0 Å². The van der Waals surface area contributed by atoms with E-state index >= 15 is 0 Å². The monoisotopic (exact) mass is 716 g/mol. The number of carbonyl (C=O) groups excluding carboxylic acids is 3. The van der Waals surface area contributed by atoms with E-state index in [0.717, 1.165) is 22.3 Å². The van der Waals surface area contributed by atoms with Crippen molar-refractivity contribution in [2.24, 2.45) is 11.8 Å². The fourth-order valence-electron chi connectivity index (χ4n) is 6.57. The maximum absolute atomic E-state index is 14.4. The number of hydrogen-bond acceptors (Lipinski definition) is 6. The predicted octanol–water partition coefficient (Wildman–Crippen LogP) is 8.52. The zero-order chi connectivity index (χ0) is 36.3. The summed E-state index contributed by atoms with van der Waals surface area (Å²) in [6.07, 6.45) is -0.388. The minimum atomic E-state index is -1.79. The second-order valence-corrected chi connectivity index (χ2v) is 14.1. The quantitative estimate of drug-likeness (QED) is 0.142. The number of aliphatic hydroxyl groups is 1. The van der Waals surface area contributed by atoms with Crippen molar-refractivity contribution in [2.75, 3.05) is 17.2 Å². The van der Waals surface area contributed by atoms with Crippen LogP contribution in [-0.4, -0.2) is 34.9 Å². The molecule has 3 N–H and O–H groups in total. The van der Waals surface area contributed by atoms with Crippen molar-refractivity contribution in [3.05, 3.63) is 116 Å². The van der Waals surface area contributed by atoms with Crippen molar-refractivity contribution in [2.45, 2.75) is 66.1 Å². The minimum absolute atomic E-state index is 0.119. The molecule has 0 heterocycles. The molecule has 4 aromatic rings. The molecule has 4 unspecified atom stereocenters. The largest absolute Gasteiger partial charge is 0.490 e. The standard InChI is InChI=1S/C40H42Cl2N2O6/c1-7-49-34-18-26(13-15-33(34)50-21-27-12-14-28(41)19-29(27)42)35-36(38(46)43-30-16-22(2)8-10-24(30)4)32(45)20-40(6,48)37(35)39(47)44-31-17-23(3)9-11-25(31)5/h8-19,35-37,48H,7,20-21H2,1-6H3,(H,43,46)(H,44,47). The first-order valence-corrected chi connectivity index (χ1v) is 17.3. The van der Waals surface area contributed by atoms with Gasteiger partial charge >= 0.3 is 0 Å². The normalized spacial score (nSPS) is 20.3. The van der Waals surface area contributed by atoms with Crippen LogP contribution >= 0.6 is 23.2 Å². The van der Waals surface area contributed by atoms with Gasteiger partial charge in [0.05, 0.1) is 18.1 Å². The van der Waals surface area contributed by atoms with Crippen LogP contribution in [0.2, 0.25) is 10.0 Å². The van der Waals surface area contributed by atoms with Crippen LogP contribution in [0.1, 0.15) is 59.6 Å². The maximum Gasteiger partial charge on any atom is 0.235 e. The summed E-state index contributed by atoms with van der Waals surface area (Å²) in [5.74, 6) is -4.40. The van der Waals surface area contributed by atoms with Gasteiger partial charge in [0, 0.05) is 39.3 Å². The molecule has 1 aliphatic rings. The van der Waals surface area contributed by atoms with Crippen molar-refractivity contribution in [3.8, 4) is 11.5 Å². The highest BCUT2D eigenvalue weighted by molar-refractivity contribution is 6.35. The first kappa shape index (κ1) is 36.9. The van der Waals surface area contributed by atoms with E-state index < -0.39 is 41.0 Å². The molecule has 8 nitrogen and oxygen atoms in total. The summed E-state index contributed by atoms with van der Waals surface area (Å²) in [5.41, 5.74) is 4.05. The molecule has 1 aliphatic carbocycles. The van der Waals surface area contributed by atoms with Gasteiger partial charge in [-0.25, -0.2) is 0 Å². The van der Waals surface area contributed by atoms with E-state index in [2.05, 4.69) is 10.6 Å². The summed E-state index contributed by atoms with van der Waals surface area (Å²) in [6, 6.07) is 21.5. The summed E-state index contributed by atoms with van der Waals surface area (Å²) in [5, 5.41) is 18.8. The number of aryl methyl sites for hydroxylation is 4. The lowest BCUT2D eigenvalue weighted by molar-refractivity contribution is -0.150. The second kappa shape index (κ2) is 15.3. The van der Waals surface area contributed by atoms with Gasteiger partial charge in [0.1, 0.15) is 18.3 Å². The lowest BCUT2D eigenvalue weighted by Crippen LogP contribution is -2.56. The van der Waals surface area contributed by atoms with E-state index in [0.29, 0.717) is 44.0 Å². The first-order valence-electron chi connectivity index (χ1n) is 16.5. The van der Waals surface area contributed by atoms with Gasteiger partial charge in [-0.3, -0.25) is 14.4 Å². The molecule has 1 fully saturated rings. The zero-order valence-corrected chi connectivity index (χ0v) is 30.5. The van der Waals surface area contributed by atoms with E-state index in [9.17, 15) is 19.5 Å². The predicted molar refractivity (Wildman–Crippen MR) is 197 cm³/mol. The smallest absolute Gasteiger partial charge is 0.235 e. The number of halogens is 2. The summed E-state index contributed by atoms with van der Waals surface area (Å²) >= 11 is 12.4. The zero-order valence-electron chi connectivity index (χ0n) is 29.0. The second-order valence-electron chi connectivity index (χ2n) is 13.3. The van der Waals surface area contributed by atoms with Crippen LogP contribution in [0.5, 0.6) is 11.5 Å². The van der Waals surface area contributed by atoms with Crippen LogP contribution in [0.4, 0.5) is 11.4 Å². The fraction of sp³-hybridized carbons (Fsp3) is 0.325. The highest BCUT2D eigenvalue weighted by atomic mass is 35.5. The number of benzene rings is 4. The Kier molecular flexibility index (Phi) is 11.3. The van der Waals surface area contributed by atoms with E-state index in [1.807, 2.05) is 71.0 Å². The molecule has 0 saturated heterocycles. The fourth-order valence-corrected chi connectivity index (χ4v) is 7.03. The van der Waals surface area contributed by atoms with Crippen LogP contribution in [0.25, 0.3) is 0 Å². The van der Waals surface area contributed by atoms with Gasteiger partial charge in [0.15, 0.2) is 11.5 Å². The number of carbonyl (C=O) groups is 3. The third kappa shape index (κ3) is 8.15. The highest BCUT2D eigenvalue weighted by Gasteiger charge is 2.56. The average Bonchev–Trinajstić information content (AvgIpc) is 3.03. The molecule has 10 heteroatoms. The summed E-state index contributed by atoms with van der Waals surface area (Å²) < 4.78 is 12.1. The lowest BCUT2D eigenvalue weighted by atomic mass is 9.61. The van der Waals surface area contributed by atoms with Crippen LogP contribution < -0.4 is 20.1 Å². The van der Waals surface area contributed by atoms with Gasteiger partial charge in [-0.05, 0) is 106 Å². The Bertz CT molecular complexity index is 1940. The molecule has 4 aromatic carbocycles. The van der Waals surface area contributed by atoms with Gasteiger partial charge in [-0.1, -0.05) is 59.6 Å². The summed E-state index contributed by atoms with van der Waals surface area (Å²) in [4.78, 5) is 42.6. The van der Waals surface area contributed by atoms with E-state index in [1.165, 1.54) is 6.92 Å². The molecule has 4 atom stereocenters. The topological polar surface area (TPSA) is 114 Å². The SMILES string of the molecule is CCOc1cc(C2C(C(=O)Nc3cc(C)ccc3C)C(=O)CC(C)(O)C2C(=O)Nc2cc(C)ccc2C)ccc1OCc1ccc(Cl)cc1Cl. The summed E-state index contributed by atoms with van der Waals surface area (Å²) in [7, 11) is 0. The molecule has 0 spiro atoms. The minimum Gasteiger partial charge on any atom is -0.490 e. The third-order valence-corrected chi connectivity index (χ3v) is 9.77. The third-order valence-electron chi connectivity index (χ3n) is 9.18. The van der Waals surface area contributed by atoms with Gasteiger partial charge in [-0.15, -0.1) is 0 Å². The van der Waals surface area contributed by atoms with Crippen molar-refractivity contribution in [1.82, 2.24) is 0 Å². The van der Waals surface area contributed by atoms with Gasteiger partial charge in [0.2, 0.25) is 11.8 Å². The number of ether oxygens (including phenoxy) is 2. The molecule has 262 valence electrons. The number of rotatable bonds is 10. The van der Waals surface area contributed by atoms with Crippen LogP contribution in [0, 0.1) is 39.5 Å². The number of Topliss-reactive ketones (excluding diaryl/α,β-unsaturated/α-hetero) is 1. The Balaban J connectivity index is 1.59. The molecule has 0 radical (unpaired) electrons. The molecule has 5 rings (SSSR count). The Morgan fingerprint density at radius 3 is 2.04 bits per heavy atom. The van der Waals surface area contributed by atoms with E-state index in [4.69, 9.17) is 32.7 Å². The molecule has 0 aromatic heterocycles. The Morgan fingerprint density at radius 2 is 1.44 bits per heavy atom. The van der Waals surface area contributed by atoms with Gasteiger partial charge in [0.25, 0.3) is 0 Å². The van der Waals surface area contributed by atoms with E-state index in [-0.39, 0.29) is 19.6 Å². The van der Waals surface area contributed by atoms with Crippen molar-refractivity contribution in [1.29, 1.82) is 0 Å². The van der Waals surface area contributed by atoms with E-state index in [1.54, 1.807) is 36.4 Å². The Morgan fingerprint density at radius 1 is 0.820 bits per heavy atom. The maximum atomic E-state index is 14.4. The lowest BCUT2D eigenvalue weighted by Gasteiger charge is -2.44.